The summed E-state index contributed by atoms with van der Waals surface area (Å²) in [6.45, 7) is 1.87. The first-order chi connectivity index (χ1) is 15.3. The van der Waals surface area contributed by atoms with Gasteiger partial charge in [0.2, 0.25) is 15.9 Å². The summed E-state index contributed by atoms with van der Waals surface area (Å²) in [4.78, 5) is 13.2. The molecule has 2 N–H and O–H groups in total. The molecule has 0 aromatic heterocycles. The molecular weight excluding hydrogens is 428 g/mol. The predicted molar refractivity (Wildman–Crippen MR) is 124 cm³/mol. The van der Waals surface area contributed by atoms with Gasteiger partial charge in [0.25, 0.3) is 0 Å². The fraction of sp³-hybridized carbons (Fsp3) is 0.208. The van der Waals surface area contributed by atoms with Crippen LogP contribution in [0.1, 0.15) is 11.1 Å². The molecule has 0 unspecified atom stereocenters. The molecule has 0 bridgehead atoms. The minimum absolute atomic E-state index is 0.0973. The second-order valence-corrected chi connectivity index (χ2v) is 8.95. The first kappa shape index (κ1) is 23.3. The average Bonchev–Trinajstić information content (AvgIpc) is 2.79. The third-order valence-electron chi connectivity index (χ3n) is 4.88. The second kappa shape index (κ2) is 10.3. The number of sulfonamides is 1. The van der Waals surface area contributed by atoms with Crippen molar-refractivity contribution in [3.8, 4) is 11.5 Å². The van der Waals surface area contributed by atoms with Crippen LogP contribution in [-0.4, -0.2) is 34.6 Å². The second-order valence-electron chi connectivity index (χ2n) is 7.24. The molecule has 7 nitrogen and oxygen atoms in total. The van der Waals surface area contributed by atoms with E-state index in [9.17, 15) is 13.2 Å². The summed E-state index contributed by atoms with van der Waals surface area (Å²) in [7, 11) is -0.896. The van der Waals surface area contributed by atoms with Gasteiger partial charge in [-0.2, -0.15) is 4.72 Å². The minimum atomic E-state index is -3.91. The lowest BCUT2D eigenvalue weighted by Gasteiger charge is -2.19. The van der Waals surface area contributed by atoms with E-state index in [-0.39, 0.29) is 11.3 Å². The normalized spacial score (nSPS) is 12.1. The molecule has 0 aliphatic heterocycles. The number of benzene rings is 3. The van der Waals surface area contributed by atoms with E-state index in [1.807, 2.05) is 37.3 Å². The van der Waals surface area contributed by atoms with Crippen LogP contribution in [0.5, 0.6) is 11.5 Å². The van der Waals surface area contributed by atoms with Crippen LogP contribution in [-0.2, 0) is 21.2 Å². The molecule has 0 radical (unpaired) electrons. The van der Waals surface area contributed by atoms with Gasteiger partial charge in [0.15, 0.2) is 11.5 Å². The number of anilines is 1. The van der Waals surface area contributed by atoms with Crippen molar-refractivity contribution >= 4 is 21.6 Å². The van der Waals surface area contributed by atoms with E-state index in [1.165, 1.54) is 26.4 Å². The third kappa shape index (κ3) is 5.87. The highest BCUT2D eigenvalue weighted by molar-refractivity contribution is 7.89. The first-order valence-electron chi connectivity index (χ1n) is 9.98. The quantitative estimate of drug-likeness (QED) is 0.516. The van der Waals surface area contributed by atoms with Gasteiger partial charge in [-0.15, -0.1) is 0 Å². The Labute approximate surface area is 188 Å². The van der Waals surface area contributed by atoms with Gasteiger partial charge in [0.1, 0.15) is 6.04 Å². The fourth-order valence-corrected chi connectivity index (χ4v) is 4.35. The van der Waals surface area contributed by atoms with Crippen molar-refractivity contribution in [2.45, 2.75) is 24.3 Å². The maximum atomic E-state index is 13.1. The van der Waals surface area contributed by atoms with Crippen LogP contribution >= 0.6 is 0 Å². The van der Waals surface area contributed by atoms with Crippen molar-refractivity contribution in [1.82, 2.24) is 4.72 Å². The Morgan fingerprint density at radius 2 is 1.56 bits per heavy atom. The molecule has 1 atom stereocenters. The van der Waals surface area contributed by atoms with Crippen LogP contribution < -0.4 is 19.5 Å². The highest BCUT2D eigenvalue weighted by Crippen LogP contribution is 2.29. The number of amides is 1. The van der Waals surface area contributed by atoms with Gasteiger partial charge >= 0.3 is 0 Å². The molecule has 0 aliphatic carbocycles. The topological polar surface area (TPSA) is 93.7 Å². The summed E-state index contributed by atoms with van der Waals surface area (Å²) < 4.78 is 39.0. The summed E-state index contributed by atoms with van der Waals surface area (Å²) in [5, 5.41) is 2.77. The molecule has 0 aliphatic rings. The maximum absolute atomic E-state index is 13.1. The molecule has 0 saturated carbocycles. The lowest BCUT2D eigenvalue weighted by molar-refractivity contribution is -0.117. The third-order valence-corrected chi connectivity index (χ3v) is 6.37. The van der Waals surface area contributed by atoms with E-state index in [0.717, 1.165) is 11.1 Å². The van der Waals surface area contributed by atoms with Crippen molar-refractivity contribution in [3.63, 3.8) is 0 Å². The van der Waals surface area contributed by atoms with Gasteiger partial charge in [-0.1, -0.05) is 48.0 Å². The first-order valence-corrected chi connectivity index (χ1v) is 11.5. The van der Waals surface area contributed by atoms with Crippen LogP contribution in [0.15, 0.2) is 77.7 Å². The molecule has 3 aromatic rings. The average molecular weight is 455 g/mol. The summed E-state index contributed by atoms with van der Waals surface area (Å²) >= 11 is 0. The number of ether oxygens (including phenoxy) is 2. The molecule has 0 fully saturated rings. The number of carbonyl (C=O) groups excluding carboxylic acids is 1. The maximum Gasteiger partial charge on any atom is 0.242 e. The van der Waals surface area contributed by atoms with Gasteiger partial charge in [-0.3, -0.25) is 4.79 Å². The largest absolute Gasteiger partial charge is 0.493 e. The summed E-state index contributed by atoms with van der Waals surface area (Å²) in [6, 6.07) is 19.6. The lowest BCUT2D eigenvalue weighted by Crippen LogP contribution is -2.45. The molecule has 32 heavy (non-hydrogen) atoms. The Hall–Kier alpha value is -3.36. The highest BCUT2D eigenvalue weighted by atomic mass is 32.2. The Balaban J connectivity index is 1.86. The van der Waals surface area contributed by atoms with Crippen LogP contribution in [0.2, 0.25) is 0 Å². The summed E-state index contributed by atoms with van der Waals surface area (Å²) in [5.41, 5.74) is 2.22. The van der Waals surface area contributed by atoms with Crippen molar-refractivity contribution in [2.75, 3.05) is 19.5 Å². The van der Waals surface area contributed by atoms with E-state index >= 15 is 0 Å². The van der Waals surface area contributed by atoms with Crippen molar-refractivity contribution in [3.05, 3.63) is 83.9 Å². The van der Waals surface area contributed by atoms with E-state index < -0.39 is 22.0 Å². The standard InChI is InChI=1S/C24H26N2O5S/c1-17-9-12-20(13-10-17)32(28,29)26-21(15-18-7-5-4-6-8-18)24(27)25-19-11-14-22(30-2)23(16-19)31-3/h4-14,16,21,26H,15H2,1-3H3,(H,25,27)/t21-/m1/s1. The zero-order valence-electron chi connectivity index (χ0n) is 18.2. The van der Waals surface area contributed by atoms with E-state index in [4.69, 9.17) is 9.47 Å². The number of methoxy groups -OCH3 is 2. The molecule has 168 valence electrons. The monoisotopic (exact) mass is 454 g/mol. The zero-order valence-corrected chi connectivity index (χ0v) is 19.0. The van der Waals surface area contributed by atoms with Crippen molar-refractivity contribution < 1.29 is 22.7 Å². The molecule has 1 amide bonds. The van der Waals surface area contributed by atoms with Gasteiger partial charge in [-0.25, -0.2) is 8.42 Å². The lowest BCUT2D eigenvalue weighted by atomic mass is 10.1. The van der Waals surface area contributed by atoms with E-state index in [0.29, 0.717) is 17.2 Å². The Morgan fingerprint density at radius 3 is 2.19 bits per heavy atom. The number of aryl methyl sites for hydroxylation is 1. The van der Waals surface area contributed by atoms with Gasteiger partial charge in [0, 0.05) is 11.8 Å². The molecular formula is C24H26N2O5S. The molecule has 0 saturated heterocycles. The Kier molecular flexibility index (Phi) is 7.50. The molecule has 3 aromatic carbocycles. The Bertz CT molecular complexity index is 1160. The van der Waals surface area contributed by atoms with Crippen molar-refractivity contribution in [1.29, 1.82) is 0 Å². The fourth-order valence-electron chi connectivity index (χ4n) is 3.15. The van der Waals surface area contributed by atoms with Gasteiger partial charge in [-0.05, 0) is 43.2 Å². The number of rotatable bonds is 9. The Morgan fingerprint density at radius 1 is 0.906 bits per heavy atom. The van der Waals surface area contributed by atoms with Crippen LogP contribution in [0.4, 0.5) is 5.69 Å². The summed E-state index contributed by atoms with van der Waals surface area (Å²) in [5.74, 6) is 0.480. The highest BCUT2D eigenvalue weighted by Gasteiger charge is 2.26. The molecule has 8 heteroatoms. The smallest absolute Gasteiger partial charge is 0.242 e. The number of hydrogen-bond acceptors (Lipinski definition) is 5. The van der Waals surface area contributed by atoms with Crippen LogP contribution in [0.3, 0.4) is 0 Å². The van der Waals surface area contributed by atoms with Gasteiger partial charge < -0.3 is 14.8 Å². The van der Waals surface area contributed by atoms with Crippen LogP contribution in [0, 0.1) is 6.92 Å². The molecule has 0 heterocycles. The van der Waals surface area contributed by atoms with E-state index in [2.05, 4.69) is 10.0 Å². The molecule has 0 spiro atoms. The van der Waals surface area contributed by atoms with E-state index in [1.54, 1.807) is 30.3 Å². The summed E-state index contributed by atoms with van der Waals surface area (Å²) in [6.07, 6.45) is 0.186. The van der Waals surface area contributed by atoms with Crippen molar-refractivity contribution in [2.24, 2.45) is 0 Å². The van der Waals surface area contributed by atoms with Crippen LogP contribution in [0.25, 0.3) is 0 Å². The predicted octanol–water partition coefficient (Wildman–Crippen LogP) is 3.54. The van der Waals surface area contributed by atoms with Gasteiger partial charge in [0.05, 0.1) is 19.1 Å². The zero-order chi connectivity index (χ0) is 23.1. The number of carbonyl (C=O) groups is 1. The molecule has 3 rings (SSSR count). The minimum Gasteiger partial charge on any atom is -0.493 e. The SMILES string of the molecule is COc1ccc(NC(=O)[C@@H](Cc2ccccc2)NS(=O)(=O)c2ccc(C)cc2)cc1OC. The number of nitrogens with one attached hydrogen (secondary N) is 2. The number of hydrogen-bond donors (Lipinski definition) is 2.